The molecule has 4 aromatic rings. The van der Waals surface area contributed by atoms with E-state index in [1.54, 1.807) is 17.7 Å². The molecule has 3 aromatic heterocycles. The van der Waals surface area contributed by atoms with Crippen LogP contribution in [0.1, 0.15) is 31.2 Å². The largest absolute Gasteiger partial charge is 0.391 e. The Bertz CT molecular complexity index is 1140. The highest BCUT2D eigenvalue weighted by Gasteiger charge is 2.23. The van der Waals surface area contributed by atoms with Crippen molar-refractivity contribution in [3.05, 3.63) is 48.2 Å². The van der Waals surface area contributed by atoms with Crippen molar-refractivity contribution in [1.29, 1.82) is 0 Å². The molecule has 2 N–H and O–H groups in total. The molecule has 8 heteroatoms. The van der Waals surface area contributed by atoms with Crippen LogP contribution in [0.3, 0.4) is 0 Å². The van der Waals surface area contributed by atoms with Crippen molar-refractivity contribution in [2.24, 2.45) is 0 Å². The Balaban J connectivity index is 1.38. The first-order valence-corrected chi connectivity index (χ1v) is 10.3. The van der Waals surface area contributed by atoms with Crippen molar-refractivity contribution in [1.82, 2.24) is 19.5 Å². The lowest BCUT2D eigenvalue weighted by atomic mass is 9.93. The minimum Gasteiger partial charge on any atom is -0.391 e. The number of nitrogens with zero attached hydrogens (tertiary/aromatic N) is 4. The summed E-state index contributed by atoms with van der Waals surface area (Å²) in [5.41, 5.74) is 3.26. The van der Waals surface area contributed by atoms with E-state index in [-0.39, 0.29) is 18.0 Å². The number of anilines is 1. The van der Waals surface area contributed by atoms with Gasteiger partial charge in [-0.1, -0.05) is 30.2 Å². The number of aromatic nitrogens is 4. The van der Waals surface area contributed by atoms with E-state index in [0.717, 1.165) is 46.6 Å². The number of aliphatic hydroxyl groups is 1. The van der Waals surface area contributed by atoms with Crippen molar-refractivity contribution >= 4 is 37.8 Å². The first-order valence-electron chi connectivity index (χ1n) is 9.46. The van der Waals surface area contributed by atoms with Gasteiger partial charge in [-0.15, -0.1) is 0 Å². The summed E-state index contributed by atoms with van der Waals surface area (Å²) in [7, 11) is 0. The van der Waals surface area contributed by atoms with Gasteiger partial charge in [-0.25, -0.2) is 19.3 Å². The minimum absolute atomic E-state index is 0.0811. The highest BCUT2D eigenvalue weighted by atomic mass is 32.1. The molecule has 1 aliphatic rings. The number of nitrogens with one attached hydrogen (secondary N) is 1. The van der Waals surface area contributed by atoms with Crippen LogP contribution in [0.2, 0.25) is 0 Å². The molecule has 0 radical (unpaired) electrons. The first kappa shape index (κ1) is 17.5. The normalized spacial score (nSPS) is 20.1. The Morgan fingerprint density at radius 2 is 2.07 bits per heavy atom. The quantitative estimate of drug-likeness (QED) is 0.545. The maximum Gasteiger partial charge on any atom is 0.184 e. The molecule has 3 heterocycles. The number of fused-ring (bicyclic) bond motifs is 2. The van der Waals surface area contributed by atoms with Gasteiger partial charge in [0.2, 0.25) is 0 Å². The van der Waals surface area contributed by atoms with Crippen LogP contribution in [0.4, 0.5) is 9.52 Å². The number of hydrogen-bond donors (Lipinski definition) is 2. The molecule has 1 fully saturated rings. The third-order valence-corrected chi connectivity index (χ3v) is 6.22. The molecule has 144 valence electrons. The molecule has 1 aliphatic carbocycles. The van der Waals surface area contributed by atoms with Gasteiger partial charge in [0, 0.05) is 6.07 Å². The van der Waals surface area contributed by atoms with Crippen LogP contribution in [-0.4, -0.2) is 36.8 Å². The summed E-state index contributed by atoms with van der Waals surface area (Å²) < 4.78 is 16.3. The van der Waals surface area contributed by atoms with Crippen molar-refractivity contribution in [3.63, 3.8) is 0 Å². The Hall–Kier alpha value is -2.58. The Labute approximate surface area is 165 Å². The molecular formula is C20H20FN5OS. The maximum atomic E-state index is 13.3. The molecule has 5 rings (SSSR count). The number of pyridine rings is 1. The summed E-state index contributed by atoms with van der Waals surface area (Å²) in [5, 5.41) is 14.4. The van der Waals surface area contributed by atoms with Gasteiger partial charge in [-0.3, -0.25) is 0 Å². The van der Waals surface area contributed by atoms with E-state index in [9.17, 15) is 9.50 Å². The van der Waals surface area contributed by atoms with Crippen molar-refractivity contribution in [2.75, 3.05) is 5.32 Å². The summed E-state index contributed by atoms with van der Waals surface area (Å²) in [6.07, 6.45) is 6.65. The number of imidazole rings is 1. The summed E-state index contributed by atoms with van der Waals surface area (Å²) in [4.78, 5) is 13.1. The van der Waals surface area contributed by atoms with E-state index >= 15 is 0 Å². The van der Waals surface area contributed by atoms with Crippen LogP contribution >= 0.6 is 11.3 Å². The first-order chi connectivity index (χ1) is 13.7. The number of benzene rings is 1. The maximum absolute atomic E-state index is 13.3. The molecular weight excluding hydrogens is 377 g/mol. The van der Waals surface area contributed by atoms with E-state index in [0.29, 0.717) is 17.7 Å². The van der Waals surface area contributed by atoms with E-state index < -0.39 is 0 Å². The zero-order valence-electron chi connectivity index (χ0n) is 15.2. The molecule has 28 heavy (non-hydrogen) atoms. The van der Waals surface area contributed by atoms with Gasteiger partial charge in [-0.05, 0) is 30.5 Å². The van der Waals surface area contributed by atoms with Crippen LogP contribution in [-0.2, 0) is 6.54 Å². The fourth-order valence-electron chi connectivity index (χ4n) is 3.80. The SMILES string of the molecule is OC1CCCCC1Nc1nc2ccc(Cn3cnc4cc(F)cnc43)cc2s1. The monoisotopic (exact) mass is 397 g/mol. The molecule has 0 spiro atoms. The van der Waals surface area contributed by atoms with E-state index in [1.807, 2.05) is 16.7 Å². The van der Waals surface area contributed by atoms with Crippen LogP contribution < -0.4 is 5.32 Å². The van der Waals surface area contributed by atoms with Crippen molar-refractivity contribution in [3.8, 4) is 0 Å². The predicted octanol–water partition coefficient (Wildman–Crippen LogP) is 3.94. The summed E-state index contributed by atoms with van der Waals surface area (Å²) >= 11 is 1.60. The standard InChI is InChI=1S/C20H20FN5OS/c21-13-8-16-19(22-9-13)26(11-23-16)10-12-5-6-15-18(7-12)28-20(25-15)24-14-3-1-2-4-17(14)27/h5-9,11,14,17,27H,1-4,10H2,(H,24,25). The van der Waals surface area contributed by atoms with Crippen LogP contribution in [0, 0.1) is 5.82 Å². The second-order valence-corrected chi connectivity index (χ2v) is 8.32. The van der Waals surface area contributed by atoms with Gasteiger partial charge in [0.1, 0.15) is 11.3 Å². The molecule has 0 saturated heterocycles. The molecule has 2 unspecified atom stereocenters. The number of thiazole rings is 1. The van der Waals surface area contributed by atoms with Gasteiger partial charge in [-0.2, -0.15) is 0 Å². The lowest BCUT2D eigenvalue weighted by molar-refractivity contribution is 0.116. The third kappa shape index (κ3) is 3.33. The van der Waals surface area contributed by atoms with Gasteiger partial charge < -0.3 is 15.0 Å². The second kappa shape index (κ2) is 7.10. The van der Waals surface area contributed by atoms with E-state index in [4.69, 9.17) is 0 Å². The summed E-state index contributed by atoms with van der Waals surface area (Å²) in [6, 6.07) is 7.64. The number of halogens is 1. The highest BCUT2D eigenvalue weighted by molar-refractivity contribution is 7.22. The van der Waals surface area contributed by atoms with Crippen LogP contribution in [0.5, 0.6) is 0 Å². The smallest absolute Gasteiger partial charge is 0.184 e. The summed E-state index contributed by atoms with van der Waals surface area (Å²) in [5.74, 6) is -0.382. The van der Waals surface area contributed by atoms with Gasteiger partial charge in [0.05, 0.1) is 41.4 Å². The van der Waals surface area contributed by atoms with Gasteiger partial charge >= 0.3 is 0 Å². The number of rotatable bonds is 4. The zero-order valence-corrected chi connectivity index (χ0v) is 16.0. The number of hydrogen-bond acceptors (Lipinski definition) is 6. The molecule has 0 amide bonds. The predicted molar refractivity (Wildman–Crippen MR) is 108 cm³/mol. The lowest BCUT2D eigenvalue weighted by Gasteiger charge is -2.27. The van der Waals surface area contributed by atoms with E-state index in [2.05, 4.69) is 26.3 Å². The average molecular weight is 397 g/mol. The molecule has 6 nitrogen and oxygen atoms in total. The number of aliphatic hydroxyl groups excluding tert-OH is 1. The van der Waals surface area contributed by atoms with Gasteiger partial charge in [0.25, 0.3) is 0 Å². The van der Waals surface area contributed by atoms with Crippen molar-refractivity contribution in [2.45, 2.75) is 44.4 Å². The average Bonchev–Trinajstić information content (AvgIpc) is 3.26. The van der Waals surface area contributed by atoms with Crippen LogP contribution in [0.15, 0.2) is 36.8 Å². The Morgan fingerprint density at radius 1 is 1.18 bits per heavy atom. The van der Waals surface area contributed by atoms with Crippen LogP contribution in [0.25, 0.3) is 21.4 Å². The highest BCUT2D eigenvalue weighted by Crippen LogP contribution is 2.30. The zero-order chi connectivity index (χ0) is 19.1. The van der Waals surface area contributed by atoms with E-state index in [1.165, 1.54) is 12.3 Å². The topological polar surface area (TPSA) is 75.9 Å². The Morgan fingerprint density at radius 3 is 2.96 bits per heavy atom. The fraction of sp³-hybridized carbons (Fsp3) is 0.350. The lowest BCUT2D eigenvalue weighted by Crippen LogP contribution is -2.36. The minimum atomic E-state index is -0.382. The third-order valence-electron chi connectivity index (χ3n) is 5.27. The fourth-order valence-corrected chi connectivity index (χ4v) is 4.80. The van der Waals surface area contributed by atoms with Crippen molar-refractivity contribution < 1.29 is 9.50 Å². The molecule has 2 atom stereocenters. The molecule has 1 aromatic carbocycles. The summed E-state index contributed by atoms with van der Waals surface area (Å²) in [6.45, 7) is 0.604. The molecule has 1 saturated carbocycles. The second-order valence-electron chi connectivity index (χ2n) is 7.29. The molecule has 0 bridgehead atoms. The van der Waals surface area contributed by atoms with Gasteiger partial charge in [0.15, 0.2) is 10.8 Å². The Kier molecular flexibility index (Phi) is 4.44. The molecule has 0 aliphatic heterocycles.